The molecule has 0 aliphatic heterocycles. The number of H-pyrrole nitrogens is 1. The van der Waals surface area contributed by atoms with E-state index in [-0.39, 0.29) is 5.91 Å². The van der Waals surface area contributed by atoms with E-state index in [0.717, 1.165) is 11.4 Å². The number of nitrogen functional groups attached to an aromatic ring is 1. The summed E-state index contributed by atoms with van der Waals surface area (Å²) in [5.74, 6) is 0.523. The fourth-order valence-electron chi connectivity index (χ4n) is 2.07. The van der Waals surface area contributed by atoms with Crippen LogP contribution >= 0.6 is 0 Å². The fourth-order valence-corrected chi connectivity index (χ4v) is 2.07. The van der Waals surface area contributed by atoms with Gasteiger partial charge in [-0.3, -0.25) is 4.79 Å². The second-order valence-corrected chi connectivity index (χ2v) is 4.56. The summed E-state index contributed by atoms with van der Waals surface area (Å²) in [6, 6.07) is 14.4. The second-order valence-electron chi connectivity index (χ2n) is 4.56. The van der Waals surface area contributed by atoms with Gasteiger partial charge in [-0.05, 0) is 24.3 Å². The molecule has 4 N–H and O–H groups in total. The number of amides is 1. The standard InChI is InChI=1S/C16H14N4O/c17-14-7-2-1-6-13(14)16(21)20-12-5-3-4-11(10-12)15-18-8-9-19-15/h1-10H,17H2,(H,18,19)(H,20,21). The molecule has 5 heteroatoms. The van der Waals surface area contributed by atoms with Crippen LogP contribution in [-0.2, 0) is 0 Å². The zero-order chi connectivity index (χ0) is 14.7. The zero-order valence-electron chi connectivity index (χ0n) is 11.2. The zero-order valence-corrected chi connectivity index (χ0v) is 11.2. The van der Waals surface area contributed by atoms with Gasteiger partial charge in [-0.2, -0.15) is 0 Å². The van der Waals surface area contributed by atoms with Gasteiger partial charge in [-0.25, -0.2) is 4.98 Å². The van der Waals surface area contributed by atoms with E-state index in [9.17, 15) is 4.79 Å². The van der Waals surface area contributed by atoms with E-state index in [4.69, 9.17) is 5.73 Å². The molecule has 1 aromatic heterocycles. The Balaban J connectivity index is 1.84. The normalized spacial score (nSPS) is 10.3. The highest BCUT2D eigenvalue weighted by molar-refractivity contribution is 6.07. The number of nitrogens with two attached hydrogens (primary N) is 1. The minimum Gasteiger partial charge on any atom is -0.398 e. The summed E-state index contributed by atoms with van der Waals surface area (Å²) in [4.78, 5) is 19.4. The molecule has 0 atom stereocenters. The molecular formula is C16H14N4O. The summed E-state index contributed by atoms with van der Waals surface area (Å²) < 4.78 is 0. The van der Waals surface area contributed by atoms with E-state index in [1.165, 1.54) is 0 Å². The second kappa shape index (κ2) is 5.50. The van der Waals surface area contributed by atoms with Crippen LogP contribution in [-0.4, -0.2) is 15.9 Å². The Labute approximate surface area is 121 Å². The number of hydrogen-bond acceptors (Lipinski definition) is 3. The van der Waals surface area contributed by atoms with E-state index < -0.39 is 0 Å². The molecule has 0 radical (unpaired) electrons. The monoisotopic (exact) mass is 278 g/mol. The van der Waals surface area contributed by atoms with E-state index >= 15 is 0 Å². The summed E-state index contributed by atoms with van der Waals surface area (Å²) in [5.41, 5.74) is 8.31. The topological polar surface area (TPSA) is 83.8 Å². The molecule has 0 spiro atoms. The summed E-state index contributed by atoms with van der Waals surface area (Å²) in [7, 11) is 0. The Morgan fingerprint density at radius 1 is 1.14 bits per heavy atom. The molecule has 0 saturated carbocycles. The van der Waals surface area contributed by atoms with Crippen molar-refractivity contribution >= 4 is 17.3 Å². The Morgan fingerprint density at radius 3 is 2.76 bits per heavy atom. The first-order chi connectivity index (χ1) is 10.2. The van der Waals surface area contributed by atoms with Gasteiger partial charge < -0.3 is 16.0 Å². The van der Waals surface area contributed by atoms with Crippen molar-refractivity contribution < 1.29 is 4.79 Å². The highest BCUT2D eigenvalue weighted by Crippen LogP contribution is 2.20. The quantitative estimate of drug-likeness (QED) is 0.644. The molecular weight excluding hydrogens is 264 g/mol. The maximum absolute atomic E-state index is 12.2. The molecule has 0 aliphatic rings. The lowest BCUT2D eigenvalue weighted by Gasteiger charge is -2.08. The summed E-state index contributed by atoms with van der Waals surface area (Å²) >= 11 is 0. The maximum atomic E-state index is 12.2. The van der Waals surface area contributed by atoms with Crippen molar-refractivity contribution in [3.8, 4) is 11.4 Å². The lowest BCUT2D eigenvalue weighted by Crippen LogP contribution is -2.13. The molecule has 104 valence electrons. The van der Waals surface area contributed by atoms with E-state index in [1.54, 1.807) is 36.7 Å². The van der Waals surface area contributed by atoms with Crippen LogP contribution in [0.4, 0.5) is 11.4 Å². The van der Waals surface area contributed by atoms with E-state index in [2.05, 4.69) is 15.3 Å². The van der Waals surface area contributed by atoms with E-state index in [1.807, 2.05) is 24.3 Å². The predicted octanol–water partition coefficient (Wildman–Crippen LogP) is 2.91. The first-order valence-electron chi connectivity index (χ1n) is 6.50. The number of anilines is 2. The summed E-state index contributed by atoms with van der Waals surface area (Å²) in [5, 5.41) is 2.84. The van der Waals surface area contributed by atoms with Crippen LogP contribution < -0.4 is 11.1 Å². The van der Waals surface area contributed by atoms with Crippen molar-refractivity contribution in [2.75, 3.05) is 11.1 Å². The highest BCUT2D eigenvalue weighted by atomic mass is 16.1. The van der Waals surface area contributed by atoms with E-state index in [0.29, 0.717) is 16.9 Å². The van der Waals surface area contributed by atoms with Crippen LogP contribution in [0.25, 0.3) is 11.4 Å². The largest absolute Gasteiger partial charge is 0.398 e. The molecule has 1 heterocycles. The minimum absolute atomic E-state index is 0.232. The Bertz CT molecular complexity index is 765. The Hall–Kier alpha value is -3.08. The molecule has 5 nitrogen and oxygen atoms in total. The molecule has 0 unspecified atom stereocenters. The Kier molecular flexibility index (Phi) is 3.39. The summed E-state index contributed by atoms with van der Waals surface area (Å²) in [6.07, 6.45) is 3.44. The predicted molar refractivity (Wildman–Crippen MR) is 82.8 cm³/mol. The number of benzene rings is 2. The third kappa shape index (κ3) is 2.76. The molecule has 3 aromatic rings. The van der Waals surface area contributed by atoms with Crippen LogP contribution in [0.1, 0.15) is 10.4 Å². The number of rotatable bonds is 3. The average Bonchev–Trinajstić information content (AvgIpc) is 3.02. The molecule has 21 heavy (non-hydrogen) atoms. The fraction of sp³-hybridized carbons (Fsp3) is 0. The number of nitrogens with zero attached hydrogens (tertiary/aromatic N) is 1. The van der Waals surface area contributed by atoms with Gasteiger partial charge in [0.25, 0.3) is 5.91 Å². The van der Waals surface area contributed by atoms with Gasteiger partial charge in [0.2, 0.25) is 0 Å². The van der Waals surface area contributed by atoms with Crippen molar-refractivity contribution in [2.45, 2.75) is 0 Å². The van der Waals surface area contributed by atoms with Crippen LogP contribution in [0, 0.1) is 0 Å². The van der Waals surface area contributed by atoms with Crippen molar-refractivity contribution in [1.29, 1.82) is 0 Å². The minimum atomic E-state index is -0.232. The third-order valence-electron chi connectivity index (χ3n) is 3.10. The van der Waals surface area contributed by atoms with Crippen LogP contribution in [0.5, 0.6) is 0 Å². The molecule has 0 fully saturated rings. The molecule has 0 aliphatic carbocycles. The third-order valence-corrected chi connectivity index (χ3v) is 3.10. The smallest absolute Gasteiger partial charge is 0.257 e. The van der Waals surface area contributed by atoms with Crippen molar-refractivity contribution in [1.82, 2.24) is 9.97 Å². The number of nitrogens with one attached hydrogen (secondary N) is 2. The number of imidazole rings is 1. The van der Waals surface area contributed by atoms with Crippen molar-refractivity contribution in [3.63, 3.8) is 0 Å². The average molecular weight is 278 g/mol. The molecule has 1 amide bonds. The molecule has 0 saturated heterocycles. The Morgan fingerprint density at radius 2 is 2.00 bits per heavy atom. The lowest BCUT2D eigenvalue weighted by atomic mass is 10.1. The van der Waals surface area contributed by atoms with Crippen LogP contribution in [0.15, 0.2) is 60.9 Å². The molecule has 3 rings (SSSR count). The molecule has 0 bridgehead atoms. The number of carbonyl (C=O) groups excluding carboxylic acids is 1. The van der Waals surface area contributed by atoms with Gasteiger partial charge in [0.1, 0.15) is 5.82 Å². The lowest BCUT2D eigenvalue weighted by molar-refractivity contribution is 0.102. The highest BCUT2D eigenvalue weighted by Gasteiger charge is 2.09. The first-order valence-corrected chi connectivity index (χ1v) is 6.50. The number of carbonyl (C=O) groups is 1. The van der Waals surface area contributed by atoms with Gasteiger partial charge in [-0.15, -0.1) is 0 Å². The number of para-hydroxylation sites is 1. The van der Waals surface area contributed by atoms with Crippen LogP contribution in [0.2, 0.25) is 0 Å². The van der Waals surface area contributed by atoms with Gasteiger partial charge in [0, 0.05) is 29.3 Å². The van der Waals surface area contributed by atoms with Gasteiger partial charge in [-0.1, -0.05) is 24.3 Å². The number of aromatic nitrogens is 2. The number of hydrogen-bond donors (Lipinski definition) is 3. The van der Waals surface area contributed by atoms with Gasteiger partial charge in [0.15, 0.2) is 0 Å². The number of aromatic amines is 1. The summed E-state index contributed by atoms with van der Waals surface area (Å²) in [6.45, 7) is 0. The first kappa shape index (κ1) is 12.9. The maximum Gasteiger partial charge on any atom is 0.257 e. The SMILES string of the molecule is Nc1ccccc1C(=O)Nc1cccc(-c2ncc[nH]2)c1. The van der Waals surface area contributed by atoms with Gasteiger partial charge in [0.05, 0.1) is 5.56 Å². The van der Waals surface area contributed by atoms with Crippen LogP contribution in [0.3, 0.4) is 0 Å². The van der Waals surface area contributed by atoms with Gasteiger partial charge >= 0.3 is 0 Å². The molecule has 2 aromatic carbocycles. The van der Waals surface area contributed by atoms with Crippen molar-refractivity contribution in [3.05, 3.63) is 66.5 Å². The van der Waals surface area contributed by atoms with Crippen molar-refractivity contribution in [2.24, 2.45) is 0 Å².